The van der Waals surface area contributed by atoms with Gasteiger partial charge in [0, 0.05) is 5.56 Å². The Balaban J connectivity index is 1.91. The van der Waals surface area contributed by atoms with E-state index >= 15 is 0 Å². The smallest absolute Gasteiger partial charge is 0.350 e. The van der Waals surface area contributed by atoms with Crippen LogP contribution in [0.15, 0.2) is 42.0 Å². The molecule has 10 nitrogen and oxygen atoms in total. The van der Waals surface area contributed by atoms with E-state index in [4.69, 9.17) is 18.9 Å². The number of carbonyl (C=O) groups is 3. The molecule has 1 saturated heterocycles. The highest BCUT2D eigenvalue weighted by Crippen LogP contribution is 2.45. The zero-order valence-corrected chi connectivity index (χ0v) is 24.6. The van der Waals surface area contributed by atoms with Gasteiger partial charge in [0.1, 0.15) is 16.4 Å². The number of thiazole rings is 1. The topological polar surface area (TPSA) is 124 Å². The van der Waals surface area contributed by atoms with Gasteiger partial charge in [-0.1, -0.05) is 24.3 Å². The van der Waals surface area contributed by atoms with Crippen LogP contribution in [0.4, 0.5) is 5.13 Å². The van der Waals surface area contributed by atoms with E-state index < -0.39 is 23.7 Å². The predicted molar refractivity (Wildman–Crippen MR) is 154 cm³/mol. The summed E-state index contributed by atoms with van der Waals surface area (Å²) in [6.45, 7) is 7.86. The summed E-state index contributed by atoms with van der Waals surface area (Å²) in [6.07, 6.45) is 0.837. The average Bonchev–Trinajstić information content (AvgIpc) is 3.47. The van der Waals surface area contributed by atoms with Crippen LogP contribution in [-0.2, 0) is 14.3 Å². The molecule has 1 fully saturated rings. The van der Waals surface area contributed by atoms with Crippen LogP contribution in [0.5, 0.6) is 17.2 Å². The Bertz CT molecular complexity index is 1530. The van der Waals surface area contributed by atoms with Crippen molar-refractivity contribution < 1.29 is 38.4 Å². The van der Waals surface area contributed by atoms with E-state index in [1.807, 2.05) is 13.8 Å². The first kappa shape index (κ1) is 29.6. The number of ketones is 1. The molecular formula is C30H32N2O8S. The quantitative estimate of drug-likeness (QED) is 0.146. The Labute approximate surface area is 242 Å². The molecule has 1 amide bonds. The monoisotopic (exact) mass is 580 g/mol. The second-order valence-electron chi connectivity index (χ2n) is 9.24. The molecule has 1 N–H and O–H groups in total. The number of amides is 1. The Morgan fingerprint density at radius 1 is 1.02 bits per heavy atom. The molecule has 2 heterocycles. The van der Waals surface area contributed by atoms with Crippen LogP contribution in [0.3, 0.4) is 0 Å². The number of carbonyl (C=O) groups excluding carboxylic acids is 3. The first-order valence-electron chi connectivity index (χ1n) is 13.1. The first-order chi connectivity index (χ1) is 19.7. The maximum atomic E-state index is 13.6. The molecule has 0 radical (unpaired) electrons. The van der Waals surface area contributed by atoms with E-state index in [1.165, 1.54) is 19.1 Å². The van der Waals surface area contributed by atoms with Gasteiger partial charge in [-0.15, -0.1) is 0 Å². The molecule has 0 saturated carbocycles. The maximum absolute atomic E-state index is 13.6. The molecule has 3 aromatic rings. The summed E-state index contributed by atoms with van der Waals surface area (Å²) >= 11 is 0.939. The highest BCUT2D eigenvalue weighted by Gasteiger charge is 2.48. The molecule has 1 aliphatic rings. The molecule has 2 aromatic carbocycles. The largest absolute Gasteiger partial charge is 0.507 e. The number of hydrogen-bond acceptors (Lipinski definition) is 10. The number of hydrogen-bond donors (Lipinski definition) is 1. The van der Waals surface area contributed by atoms with Crippen LogP contribution < -0.4 is 19.1 Å². The van der Waals surface area contributed by atoms with E-state index in [9.17, 15) is 19.5 Å². The fourth-order valence-electron chi connectivity index (χ4n) is 4.57. The molecule has 0 aliphatic carbocycles. The summed E-state index contributed by atoms with van der Waals surface area (Å²) < 4.78 is 21.7. The molecule has 0 unspecified atom stereocenters. The molecule has 1 aliphatic heterocycles. The van der Waals surface area contributed by atoms with Crippen molar-refractivity contribution >= 4 is 39.9 Å². The van der Waals surface area contributed by atoms with Gasteiger partial charge in [-0.05, 0) is 68.7 Å². The summed E-state index contributed by atoms with van der Waals surface area (Å²) in [7, 11) is 2.97. The molecular weight excluding hydrogens is 548 g/mol. The Morgan fingerprint density at radius 3 is 2.37 bits per heavy atom. The number of aromatic nitrogens is 1. The minimum Gasteiger partial charge on any atom is -0.507 e. The third-order valence-corrected chi connectivity index (χ3v) is 7.67. The second kappa shape index (κ2) is 12.4. The van der Waals surface area contributed by atoms with Crippen LogP contribution in [-0.4, -0.2) is 55.2 Å². The van der Waals surface area contributed by atoms with E-state index in [1.54, 1.807) is 50.2 Å². The van der Waals surface area contributed by atoms with Gasteiger partial charge >= 0.3 is 11.9 Å². The summed E-state index contributed by atoms with van der Waals surface area (Å²) in [4.78, 5) is 45.5. The summed E-state index contributed by atoms with van der Waals surface area (Å²) in [6, 6.07) is 8.94. The molecule has 216 valence electrons. The molecule has 0 bridgehead atoms. The third-order valence-electron chi connectivity index (χ3n) is 6.53. The Kier molecular flexibility index (Phi) is 8.97. The van der Waals surface area contributed by atoms with Crippen LogP contribution in [0, 0.1) is 13.8 Å². The lowest BCUT2D eigenvalue weighted by molar-refractivity contribution is -0.132. The van der Waals surface area contributed by atoms with Gasteiger partial charge in [0.25, 0.3) is 5.78 Å². The molecule has 0 spiro atoms. The van der Waals surface area contributed by atoms with Crippen molar-refractivity contribution in [2.24, 2.45) is 0 Å². The standard InChI is InChI=1S/C30H32N2O8S/c1-7-13-40-20-11-10-19(14-16(20)3)25(33)23-24(18-9-12-21(37-5)22(15-18)38-6)32(28(35)26(23)34)30-31-17(4)27(41-30)29(36)39-8-2/h9-12,14-15,24,33H,7-8,13H2,1-6H3/t24-/m1/s1. The lowest BCUT2D eigenvalue weighted by atomic mass is 9.94. The number of nitrogens with zero attached hydrogens (tertiary/aromatic N) is 2. The fourth-order valence-corrected chi connectivity index (χ4v) is 5.55. The summed E-state index contributed by atoms with van der Waals surface area (Å²) in [5, 5.41) is 11.7. The highest BCUT2D eigenvalue weighted by molar-refractivity contribution is 7.17. The van der Waals surface area contributed by atoms with Crippen molar-refractivity contribution in [3.63, 3.8) is 0 Å². The average molecular weight is 581 g/mol. The van der Waals surface area contributed by atoms with Gasteiger partial charge in [0.05, 0.1) is 44.7 Å². The number of Topliss-reactive ketones (excluding diaryl/α,β-unsaturated/α-hetero) is 1. The van der Waals surface area contributed by atoms with Crippen molar-refractivity contribution in [2.45, 2.75) is 40.2 Å². The molecule has 4 rings (SSSR count). The number of esters is 1. The third kappa shape index (κ3) is 5.62. The number of anilines is 1. The zero-order valence-electron chi connectivity index (χ0n) is 23.8. The van der Waals surface area contributed by atoms with Crippen molar-refractivity contribution in [3.05, 3.63) is 69.2 Å². The van der Waals surface area contributed by atoms with Gasteiger partial charge in [0.2, 0.25) is 0 Å². The number of benzene rings is 2. The Hall–Kier alpha value is -4.38. The summed E-state index contributed by atoms with van der Waals surface area (Å²) in [5.41, 5.74) is 1.80. The number of rotatable bonds is 10. The van der Waals surface area contributed by atoms with E-state index in [0.717, 1.165) is 23.3 Å². The molecule has 41 heavy (non-hydrogen) atoms. The van der Waals surface area contributed by atoms with Crippen molar-refractivity contribution in [2.75, 3.05) is 32.3 Å². The maximum Gasteiger partial charge on any atom is 0.350 e. The van der Waals surface area contributed by atoms with E-state index in [-0.39, 0.29) is 27.9 Å². The molecule has 1 aromatic heterocycles. The SMILES string of the molecule is CCCOc1ccc(C(O)=C2C(=O)C(=O)N(c3nc(C)c(C(=O)OCC)s3)[C@@H]2c2ccc(OC)c(OC)c2)cc1C. The lowest BCUT2D eigenvalue weighted by Crippen LogP contribution is -2.29. The fraction of sp³-hybridized carbons (Fsp3) is 0.333. The molecule has 1 atom stereocenters. The van der Waals surface area contributed by atoms with Gasteiger partial charge in [-0.3, -0.25) is 14.5 Å². The van der Waals surface area contributed by atoms with Crippen LogP contribution >= 0.6 is 11.3 Å². The number of aliphatic hydroxyl groups is 1. The first-order valence-corrected chi connectivity index (χ1v) is 13.9. The second-order valence-corrected chi connectivity index (χ2v) is 10.2. The Morgan fingerprint density at radius 2 is 1.73 bits per heavy atom. The number of methoxy groups -OCH3 is 2. The minimum absolute atomic E-state index is 0.117. The van der Waals surface area contributed by atoms with Crippen LogP contribution in [0.1, 0.15) is 58.4 Å². The highest BCUT2D eigenvalue weighted by atomic mass is 32.1. The predicted octanol–water partition coefficient (Wildman–Crippen LogP) is 5.37. The number of aliphatic hydroxyl groups excluding tert-OH is 1. The van der Waals surface area contributed by atoms with Crippen LogP contribution in [0.25, 0.3) is 5.76 Å². The number of aryl methyl sites for hydroxylation is 2. The van der Waals surface area contributed by atoms with Crippen LogP contribution in [0.2, 0.25) is 0 Å². The van der Waals surface area contributed by atoms with Gasteiger partial charge in [0.15, 0.2) is 16.6 Å². The normalized spacial score (nSPS) is 16.1. The number of ether oxygens (including phenoxy) is 4. The van der Waals surface area contributed by atoms with Gasteiger partial charge in [-0.2, -0.15) is 0 Å². The lowest BCUT2D eigenvalue weighted by Gasteiger charge is -2.24. The zero-order chi connectivity index (χ0) is 29.8. The van der Waals surface area contributed by atoms with Crippen molar-refractivity contribution in [3.8, 4) is 17.2 Å². The summed E-state index contributed by atoms with van der Waals surface area (Å²) in [5.74, 6) is -1.24. The van der Waals surface area contributed by atoms with Gasteiger partial charge < -0.3 is 24.1 Å². The minimum atomic E-state index is -1.08. The molecule has 11 heteroatoms. The van der Waals surface area contributed by atoms with Crippen molar-refractivity contribution in [1.29, 1.82) is 0 Å². The van der Waals surface area contributed by atoms with E-state index in [0.29, 0.717) is 40.7 Å². The van der Waals surface area contributed by atoms with E-state index in [2.05, 4.69) is 4.98 Å². The van der Waals surface area contributed by atoms with Gasteiger partial charge in [-0.25, -0.2) is 9.78 Å². The van der Waals surface area contributed by atoms with Crippen molar-refractivity contribution in [1.82, 2.24) is 4.98 Å².